The molecule has 1 heterocycles. The van der Waals surface area contributed by atoms with E-state index in [0.717, 1.165) is 0 Å². The van der Waals surface area contributed by atoms with E-state index < -0.39 is 4.92 Å². The van der Waals surface area contributed by atoms with Crippen molar-refractivity contribution in [1.82, 2.24) is 9.97 Å². The Hall–Kier alpha value is -2.70. The molecule has 104 valence electrons. The van der Waals surface area contributed by atoms with Crippen molar-refractivity contribution in [2.24, 2.45) is 0 Å². The Bertz CT molecular complexity index is 658. The highest BCUT2D eigenvalue weighted by Crippen LogP contribution is 2.34. The maximum absolute atomic E-state index is 11.1. The van der Waals surface area contributed by atoms with Crippen LogP contribution in [0.1, 0.15) is 18.1 Å². The first kappa shape index (κ1) is 13.7. The van der Waals surface area contributed by atoms with Crippen LogP contribution in [0.3, 0.4) is 0 Å². The van der Waals surface area contributed by atoms with E-state index in [1.165, 1.54) is 12.4 Å². The molecule has 1 aromatic carbocycles. The third-order valence-corrected chi connectivity index (χ3v) is 2.88. The summed E-state index contributed by atoms with van der Waals surface area (Å²) in [5.74, 6) is 0.698. The molecule has 0 amide bonds. The molecule has 2 N–H and O–H groups in total. The number of rotatable bonds is 4. The Morgan fingerprint density at radius 1 is 1.40 bits per heavy atom. The van der Waals surface area contributed by atoms with Crippen molar-refractivity contribution in [1.29, 1.82) is 0 Å². The zero-order chi connectivity index (χ0) is 14.7. The van der Waals surface area contributed by atoms with Gasteiger partial charge in [-0.1, -0.05) is 19.1 Å². The monoisotopic (exact) mass is 274 g/mol. The van der Waals surface area contributed by atoms with E-state index in [9.17, 15) is 10.1 Å². The molecule has 2 rings (SSSR count). The molecule has 0 fully saturated rings. The van der Waals surface area contributed by atoms with Crippen molar-refractivity contribution in [3.8, 4) is 11.6 Å². The van der Waals surface area contributed by atoms with E-state index in [1.807, 2.05) is 6.92 Å². The van der Waals surface area contributed by atoms with E-state index in [0.29, 0.717) is 23.4 Å². The van der Waals surface area contributed by atoms with E-state index in [4.69, 9.17) is 10.5 Å². The number of benzene rings is 1. The smallest absolute Gasteiger partial charge is 0.314 e. The van der Waals surface area contributed by atoms with Crippen LogP contribution in [-0.2, 0) is 6.42 Å². The molecule has 0 radical (unpaired) electrons. The summed E-state index contributed by atoms with van der Waals surface area (Å²) in [6.07, 6.45) is 1.84. The molecule has 0 saturated heterocycles. The van der Waals surface area contributed by atoms with Gasteiger partial charge in [-0.2, -0.15) is 0 Å². The lowest BCUT2D eigenvalue weighted by atomic mass is 10.2. The predicted octanol–water partition coefficient (Wildman–Crippen LogP) is 2.63. The topological polar surface area (TPSA) is 104 Å². The Balaban J connectivity index is 2.48. The Labute approximate surface area is 115 Å². The molecule has 7 heteroatoms. The van der Waals surface area contributed by atoms with Crippen LogP contribution in [0.15, 0.2) is 24.5 Å². The van der Waals surface area contributed by atoms with Gasteiger partial charge in [-0.3, -0.25) is 10.1 Å². The van der Waals surface area contributed by atoms with E-state index in [-0.39, 0.29) is 17.3 Å². The molecule has 1 aromatic heterocycles. The molecule has 0 spiro atoms. The zero-order valence-electron chi connectivity index (χ0n) is 11.2. The average molecular weight is 274 g/mol. The number of aromatic nitrogens is 2. The van der Waals surface area contributed by atoms with Gasteiger partial charge in [0.15, 0.2) is 0 Å². The maximum Gasteiger partial charge on any atom is 0.314 e. The molecule has 0 bridgehead atoms. The van der Waals surface area contributed by atoms with Crippen molar-refractivity contribution in [3.05, 3.63) is 45.8 Å². The number of nitro benzene ring substituents is 1. The van der Waals surface area contributed by atoms with Crippen LogP contribution >= 0.6 is 0 Å². The van der Waals surface area contributed by atoms with Crippen LogP contribution in [0.2, 0.25) is 0 Å². The van der Waals surface area contributed by atoms with Crippen molar-refractivity contribution in [2.45, 2.75) is 20.3 Å². The molecule has 0 aliphatic heterocycles. The van der Waals surface area contributed by atoms with Crippen LogP contribution in [-0.4, -0.2) is 14.9 Å². The second kappa shape index (κ2) is 5.52. The Kier molecular flexibility index (Phi) is 3.79. The minimum absolute atomic E-state index is 0.0771. The maximum atomic E-state index is 11.1. The average Bonchev–Trinajstić information content (AvgIpc) is 2.38. The lowest BCUT2D eigenvalue weighted by molar-refractivity contribution is -0.386. The first-order valence-corrected chi connectivity index (χ1v) is 6.05. The summed E-state index contributed by atoms with van der Waals surface area (Å²) in [4.78, 5) is 18.5. The number of nitrogen functional groups attached to an aromatic ring is 1. The highest BCUT2D eigenvalue weighted by atomic mass is 16.6. The summed E-state index contributed by atoms with van der Waals surface area (Å²) in [5.41, 5.74) is 6.82. The van der Waals surface area contributed by atoms with Gasteiger partial charge in [0.2, 0.25) is 11.6 Å². The largest absolute Gasteiger partial charge is 0.431 e. The second-order valence-corrected chi connectivity index (χ2v) is 4.18. The fourth-order valence-electron chi connectivity index (χ4n) is 1.88. The number of aryl methyl sites for hydroxylation is 1. The number of anilines is 1. The number of nitrogens with two attached hydrogens (primary N) is 1. The van der Waals surface area contributed by atoms with Gasteiger partial charge in [-0.15, -0.1) is 0 Å². The van der Waals surface area contributed by atoms with Crippen molar-refractivity contribution in [3.63, 3.8) is 0 Å². The highest BCUT2D eigenvalue weighted by molar-refractivity contribution is 5.54. The van der Waals surface area contributed by atoms with Gasteiger partial charge in [0.25, 0.3) is 0 Å². The SMILES string of the molecule is CCc1c(N)ncnc1Oc1cccc(C)c1[N+](=O)[O-]. The number of hydrogen-bond donors (Lipinski definition) is 1. The lowest BCUT2D eigenvalue weighted by Gasteiger charge is -2.10. The van der Waals surface area contributed by atoms with Gasteiger partial charge in [0.05, 0.1) is 10.5 Å². The minimum Gasteiger partial charge on any atom is -0.431 e. The molecule has 20 heavy (non-hydrogen) atoms. The van der Waals surface area contributed by atoms with Gasteiger partial charge in [0.1, 0.15) is 12.1 Å². The quantitative estimate of drug-likeness (QED) is 0.678. The zero-order valence-corrected chi connectivity index (χ0v) is 11.2. The van der Waals surface area contributed by atoms with Gasteiger partial charge in [0, 0.05) is 5.56 Å². The van der Waals surface area contributed by atoms with Crippen LogP contribution in [0.4, 0.5) is 11.5 Å². The highest BCUT2D eigenvalue weighted by Gasteiger charge is 2.20. The summed E-state index contributed by atoms with van der Waals surface area (Å²) in [6, 6.07) is 4.87. The first-order valence-electron chi connectivity index (χ1n) is 6.05. The van der Waals surface area contributed by atoms with Crippen molar-refractivity contribution < 1.29 is 9.66 Å². The molecule has 0 aliphatic rings. The fraction of sp³-hybridized carbons (Fsp3) is 0.231. The molecule has 0 saturated carbocycles. The summed E-state index contributed by atoms with van der Waals surface area (Å²) >= 11 is 0. The van der Waals surface area contributed by atoms with E-state index in [2.05, 4.69) is 9.97 Å². The third-order valence-electron chi connectivity index (χ3n) is 2.88. The van der Waals surface area contributed by atoms with Gasteiger partial charge >= 0.3 is 5.69 Å². The lowest BCUT2D eigenvalue weighted by Crippen LogP contribution is -2.03. The normalized spacial score (nSPS) is 10.3. The van der Waals surface area contributed by atoms with Gasteiger partial charge < -0.3 is 10.5 Å². The first-order chi connectivity index (χ1) is 9.54. The third kappa shape index (κ3) is 2.51. The van der Waals surface area contributed by atoms with Gasteiger partial charge in [-0.25, -0.2) is 9.97 Å². The van der Waals surface area contributed by atoms with Crippen LogP contribution in [0, 0.1) is 17.0 Å². The van der Waals surface area contributed by atoms with Gasteiger partial charge in [-0.05, 0) is 19.4 Å². The van der Waals surface area contributed by atoms with E-state index in [1.54, 1.807) is 19.1 Å². The van der Waals surface area contributed by atoms with E-state index >= 15 is 0 Å². The number of nitro groups is 1. The molecule has 7 nitrogen and oxygen atoms in total. The molecule has 0 aliphatic carbocycles. The number of para-hydroxylation sites is 1. The Morgan fingerprint density at radius 2 is 2.15 bits per heavy atom. The number of ether oxygens (including phenoxy) is 1. The summed E-state index contributed by atoms with van der Waals surface area (Å²) < 4.78 is 5.58. The summed E-state index contributed by atoms with van der Waals surface area (Å²) in [7, 11) is 0. The second-order valence-electron chi connectivity index (χ2n) is 4.18. The number of nitrogens with zero attached hydrogens (tertiary/aromatic N) is 3. The Morgan fingerprint density at radius 3 is 2.80 bits per heavy atom. The van der Waals surface area contributed by atoms with Crippen molar-refractivity contribution >= 4 is 11.5 Å². The summed E-state index contributed by atoms with van der Waals surface area (Å²) in [6.45, 7) is 3.53. The van der Waals surface area contributed by atoms with Crippen LogP contribution in [0.5, 0.6) is 11.6 Å². The standard InChI is InChI=1S/C13H14N4O3/c1-3-9-12(14)15-7-16-13(9)20-10-6-4-5-8(2)11(10)17(18)19/h4-7H,3H2,1-2H3,(H2,14,15,16). The minimum atomic E-state index is -0.471. The molecular formula is C13H14N4O3. The number of hydrogen-bond acceptors (Lipinski definition) is 6. The summed E-state index contributed by atoms with van der Waals surface area (Å²) in [5, 5.41) is 11.1. The molecule has 0 unspecified atom stereocenters. The fourth-order valence-corrected chi connectivity index (χ4v) is 1.88. The molecule has 0 atom stereocenters. The molecule has 2 aromatic rings. The predicted molar refractivity (Wildman–Crippen MR) is 73.7 cm³/mol. The molecular weight excluding hydrogens is 260 g/mol. The van der Waals surface area contributed by atoms with Crippen LogP contribution in [0.25, 0.3) is 0 Å². The van der Waals surface area contributed by atoms with Crippen molar-refractivity contribution in [2.75, 3.05) is 5.73 Å². The van der Waals surface area contributed by atoms with Crippen LogP contribution < -0.4 is 10.5 Å².